The molecule has 0 nitrogen and oxygen atoms in total. The summed E-state index contributed by atoms with van der Waals surface area (Å²) >= 11 is 1.27. The van der Waals surface area contributed by atoms with Crippen LogP contribution in [0, 0.1) is 0 Å². The van der Waals surface area contributed by atoms with E-state index in [0.29, 0.717) is 0 Å². The van der Waals surface area contributed by atoms with Crippen LogP contribution in [0.4, 0.5) is 8.78 Å². The third kappa shape index (κ3) is 2.56. The highest BCUT2D eigenvalue weighted by Gasteiger charge is 1.88. The Morgan fingerprint density at radius 2 is 1.67 bits per heavy atom. The highest BCUT2D eigenvalue weighted by molar-refractivity contribution is 14.1. The van der Waals surface area contributed by atoms with Gasteiger partial charge in [-0.1, -0.05) is 0 Å². The van der Waals surface area contributed by atoms with Gasteiger partial charge >= 0.3 is 0 Å². The topological polar surface area (TPSA) is 0 Å². The Morgan fingerprint density at radius 3 is 1.67 bits per heavy atom. The predicted octanol–water partition coefficient (Wildman–Crippen LogP) is 2.55. The molecule has 0 amide bonds. The van der Waals surface area contributed by atoms with E-state index in [1.54, 1.807) is 0 Å². The van der Waals surface area contributed by atoms with Gasteiger partial charge in [-0.15, -0.1) is 0 Å². The van der Waals surface area contributed by atoms with E-state index < -0.39 is 9.66 Å². The third-order valence-corrected chi connectivity index (χ3v) is 1.00. The summed E-state index contributed by atoms with van der Waals surface area (Å²) in [5.74, 6) is -0.754. The summed E-state index contributed by atoms with van der Waals surface area (Å²) in [6.07, 6.45) is 0. The van der Waals surface area contributed by atoms with Crippen LogP contribution in [-0.4, -0.2) is 0 Å². The Hall–Kier alpha value is 0.330. The lowest BCUT2D eigenvalue weighted by Gasteiger charge is -1.76. The molecule has 0 aromatic rings. The van der Waals surface area contributed by atoms with Gasteiger partial charge in [-0.3, -0.25) is 0 Å². The molecule has 0 heterocycles. The zero-order valence-corrected chi connectivity index (χ0v) is 5.29. The Labute approximate surface area is 48.4 Å². The summed E-state index contributed by atoms with van der Waals surface area (Å²) in [5.41, 5.74) is 0. The molecule has 6 heavy (non-hydrogen) atoms. The van der Waals surface area contributed by atoms with Crippen LogP contribution in [0.5, 0.6) is 0 Å². The minimum absolute atomic E-state index is 0.754. The van der Waals surface area contributed by atoms with E-state index in [2.05, 4.69) is 0 Å². The second kappa shape index (κ2) is 2.49. The van der Waals surface area contributed by atoms with Crippen LogP contribution in [0.3, 0.4) is 0 Å². The monoisotopic (exact) mass is 204 g/mol. The van der Waals surface area contributed by atoms with Crippen LogP contribution in [0.1, 0.15) is 6.92 Å². The molecule has 0 fully saturated rings. The molecule has 3 heteroatoms. The van der Waals surface area contributed by atoms with Gasteiger partial charge in [0.1, 0.15) is 5.83 Å². The quantitative estimate of drug-likeness (QED) is 0.532. The second-order valence-corrected chi connectivity index (χ2v) is 1.74. The highest BCUT2D eigenvalue weighted by Crippen LogP contribution is 2.13. The molecule has 0 spiro atoms. The third-order valence-electron chi connectivity index (χ3n) is 0.260. The van der Waals surface area contributed by atoms with Crippen molar-refractivity contribution in [3.05, 3.63) is 9.66 Å². The van der Waals surface area contributed by atoms with Crippen LogP contribution in [-0.2, 0) is 0 Å². The van der Waals surface area contributed by atoms with E-state index in [-0.39, 0.29) is 0 Å². The first-order valence-corrected chi connectivity index (χ1v) is 2.40. The zero-order chi connectivity index (χ0) is 5.15. The van der Waals surface area contributed by atoms with Crippen molar-refractivity contribution in [2.45, 2.75) is 6.92 Å². The molecule has 36 valence electrons. The van der Waals surface area contributed by atoms with Crippen molar-refractivity contribution in [3.8, 4) is 0 Å². The molecule has 0 aliphatic heterocycles. The van der Waals surface area contributed by atoms with Crippen molar-refractivity contribution in [2.24, 2.45) is 0 Å². The Balaban J connectivity index is 3.68. The first-order valence-electron chi connectivity index (χ1n) is 1.32. The molecule has 0 atom stereocenters. The molecule has 0 aliphatic rings. The average molecular weight is 204 g/mol. The van der Waals surface area contributed by atoms with Gasteiger partial charge in [0.15, 0.2) is 3.83 Å². The lowest BCUT2D eigenvalue weighted by atomic mass is 10.7. The lowest BCUT2D eigenvalue weighted by molar-refractivity contribution is 0.580. The average Bonchev–Trinajstić information content (AvgIpc) is 1.36. The van der Waals surface area contributed by atoms with Gasteiger partial charge in [0, 0.05) is 0 Å². The minimum Gasteiger partial charge on any atom is -0.208 e. The van der Waals surface area contributed by atoms with Gasteiger partial charge < -0.3 is 0 Å². The SMILES string of the molecule is C/C(F)=C(\F)I. The molecular formula is C3H3F2I. The van der Waals surface area contributed by atoms with E-state index >= 15 is 0 Å². The van der Waals surface area contributed by atoms with Crippen molar-refractivity contribution in [2.75, 3.05) is 0 Å². The first-order chi connectivity index (χ1) is 2.64. The molecular weight excluding hydrogens is 201 g/mol. The van der Waals surface area contributed by atoms with Crippen LogP contribution in [0.15, 0.2) is 9.66 Å². The van der Waals surface area contributed by atoms with Crippen LogP contribution in [0.25, 0.3) is 0 Å². The first kappa shape index (κ1) is 6.33. The summed E-state index contributed by atoms with van der Waals surface area (Å²) in [6.45, 7) is 1.07. The number of allylic oxidation sites excluding steroid dienone is 1. The smallest absolute Gasteiger partial charge is 0.191 e. The summed E-state index contributed by atoms with van der Waals surface area (Å²) < 4.78 is 21.9. The van der Waals surface area contributed by atoms with E-state index in [1.807, 2.05) is 0 Å². The molecule has 0 rings (SSSR count). The highest BCUT2D eigenvalue weighted by atomic mass is 127. The lowest BCUT2D eigenvalue weighted by Crippen LogP contribution is -1.56. The van der Waals surface area contributed by atoms with Crippen LogP contribution < -0.4 is 0 Å². The number of hydrogen-bond acceptors (Lipinski definition) is 0. The van der Waals surface area contributed by atoms with Gasteiger partial charge in [0.25, 0.3) is 0 Å². The zero-order valence-electron chi connectivity index (χ0n) is 3.13. The fraction of sp³-hybridized carbons (Fsp3) is 0.333. The van der Waals surface area contributed by atoms with Crippen LogP contribution >= 0.6 is 22.6 Å². The number of halogens is 3. The molecule has 0 aromatic heterocycles. The molecule has 0 bridgehead atoms. The maximum atomic E-state index is 11.3. The van der Waals surface area contributed by atoms with Crippen LogP contribution in [0.2, 0.25) is 0 Å². The van der Waals surface area contributed by atoms with E-state index in [4.69, 9.17) is 0 Å². The fourth-order valence-electron chi connectivity index (χ4n) is 0. The predicted molar refractivity (Wildman–Crippen MR) is 28.9 cm³/mol. The van der Waals surface area contributed by atoms with Crippen molar-refractivity contribution in [1.82, 2.24) is 0 Å². The van der Waals surface area contributed by atoms with Gasteiger partial charge in [-0.2, -0.15) is 4.39 Å². The van der Waals surface area contributed by atoms with Gasteiger partial charge in [0.2, 0.25) is 0 Å². The molecule has 0 radical (unpaired) electrons. The van der Waals surface area contributed by atoms with Crippen molar-refractivity contribution in [3.63, 3.8) is 0 Å². The van der Waals surface area contributed by atoms with Crippen molar-refractivity contribution >= 4 is 22.6 Å². The van der Waals surface area contributed by atoms with Crippen molar-refractivity contribution < 1.29 is 8.78 Å². The molecule has 0 saturated carbocycles. The molecule has 0 unspecified atom stereocenters. The van der Waals surface area contributed by atoms with Gasteiger partial charge in [-0.05, 0) is 29.5 Å². The maximum Gasteiger partial charge on any atom is 0.191 e. The normalized spacial score (nSPS) is 14.0. The summed E-state index contributed by atoms with van der Waals surface area (Å²) in [7, 11) is 0. The Morgan fingerprint density at radius 1 is 1.50 bits per heavy atom. The van der Waals surface area contributed by atoms with Gasteiger partial charge in [0.05, 0.1) is 0 Å². The second-order valence-electron chi connectivity index (χ2n) is 0.794. The van der Waals surface area contributed by atoms with Gasteiger partial charge in [-0.25, -0.2) is 4.39 Å². The molecule has 0 saturated heterocycles. The minimum atomic E-state index is -0.771. The van der Waals surface area contributed by atoms with Crippen molar-refractivity contribution in [1.29, 1.82) is 0 Å². The molecule has 0 aromatic carbocycles. The van der Waals surface area contributed by atoms with E-state index in [0.717, 1.165) is 6.92 Å². The Bertz CT molecular complexity index is 58.9. The number of hydrogen-bond donors (Lipinski definition) is 0. The molecule has 0 aliphatic carbocycles. The maximum absolute atomic E-state index is 11.3. The standard InChI is InChI=1S/C3H3F2I/c1-2(4)3(5)6/h1H3/b3-2-. The largest absolute Gasteiger partial charge is 0.208 e. The van der Waals surface area contributed by atoms with E-state index in [9.17, 15) is 8.78 Å². The fourth-order valence-corrected chi connectivity index (χ4v) is 0. The Kier molecular flexibility index (Phi) is 2.63. The van der Waals surface area contributed by atoms with E-state index in [1.165, 1.54) is 22.6 Å². The summed E-state index contributed by atoms with van der Waals surface area (Å²) in [5, 5.41) is 0. The molecule has 0 N–H and O–H groups in total. The summed E-state index contributed by atoms with van der Waals surface area (Å²) in [6, 6.07) is 0. The summed E-state index contributed by atoms with van der Waals surface area (Å²) in [4.78, 5) is 0. The number of rotatable bonds is 0.